The van der Waals surface area contributed by atoms with Crippen LogP contribution in [0.25, 0.3) is 21.8 Å². The van der Waals surface area contributed by atoms with E-state index in [4.69, 9.17) is 0 Å². The van der Waals surface area contributed by atoms with Gasteiger partial charge < -0.3 is 0 Å². The zero-order chi connectivity index (χ0) is 15.6. The van der Waals surface area contributed by atoms with Crippen LogP contribution in [0.3, 0.4) is 0 Å². The molecule has 0 saturated carbocycles. The standard InChI is InChI=1S/C20H15N2O/c23-19(15-7-2-1-3-8-15)14-22-13-16-9-6-12-21-20(16)17-10-4-5-11-18(17)22/h1-13H,14H2/q+1. The fourth-order valence-electron chi connectivity index (χ4n) is 2.91. The predicted octanol–water partition coefficient (Wildman–Crippen LogP) is 3.56. The quantitative estimate of drug-likeness (QED) is 0.329. The third-order valence-electron chi connectivity index (χ3n) is 4.01. The maximum absolute atomic E-state index is 12.6. The minimum atomic E-state index is 0.101. The van der Waals surface area contributed by atoms with Crippen LogP contribution < -0.4 is 4.57 Å². The van der Waals surface area contributed by atoms with E-state index in [2.05, 4.69) is 4.98 Å². The van der Waals surface area contributed by atoms with Crippen molar-refractivity contribution in [1.29, 1.82) is 0 Å². The first-order chi connectivity index (χ1) is 11.3. The number of aromatic nitrogens is 2. The fraction of sp³-hybridized carbons (Fsp3) is 0.0500. The van der Waals surface area contributed by atoms with Crippen LogP contribution in [0, 0.1) is 0 Å². The zero-order valence-corrected chi connectivity index (χ0v) is 12.5. The summed E-state index contributed by atoms with van der Waals surface area (Å²) in [6.45, 7) is 0.315. The van der Waals surface area contributed by atoms with Crippen LogP contribution in [-0.4, -0.2) is 10.8 Å². The number of Topliss-reactive ketones (excluding diaryl/α,β-unsaturated/α-hetero) is 1. The molecule has 0 unspecified atom stereocenters. The molecule has 3 nitrogen and oxygen atoms in total. The molecule has 0 atom stereocenters. The van der Waals surface area contributed by atoms with Gasteiger partial charge in [-0.3, -0.25) is 9.78 Å². The molecule has 2 aromatic carbocycles. The smallest absolute Gasteiger partial charge is 0.227 e. The van der Waals surface area contributed by atoms with Crippen LogP contribution in [-0.2, 0) is 6.54 Å². The van der Waals surface area contributed by atoms with Gasteiger partial charge in [-0.1, -0.05) is 42.5 Å². The Morgan fingerprint density at radius 3 is 2.57 bits per heavy atom. The molecule has 3 heteroatoms. The van der Waals surface area contributed by atoms with Crippen molar-refractivity contribution in [2.45, 2.75) is 6.54 Å². The van der Waals surface area contributed by atoms with Gasteiger partial charge in [-0.2, -0.15) is 4.57 Å². The molecule has 0 saturated heterocycles. The molecule has 0 amide bonds. The molecule has 0 fully saturated rings. The van der Waals surface area contributed by atoms with E-state index in [9.17, 15) is 4.79 Å². The molecule has 4 rings (SSSR count). The Kier molecular flexibility index (Phi) is 3.31. The predicted molar refractivity (Wildman–Crippen MR) is 90.2 cm³/mol. The molecule has 0 radical (unpaired) electrons. The largest absolute Gasteiger partial charge is 0.287 e. The van der Waals surface area contributed by atoms with Crippen molar-refractivity contribution >= 4 is 27.6 Å². The van der Waals surface area contributed by atoms with Crippen LogP contribution in [0.4, 0.5) is 0 Å². The molecule has 0 aliphatic carbocycles. The Morgan fingerprint density at radius 2 is 1.70 bits per heavy atom. The number of fused-ring (bicyclic) bond motifs is 3. The summed E-state index contributed by atoms with van der Waals surface area (Å²) < 4.78 is 2.01. The van der Waals surface area contributed by atoms with E-state index in [-0.39, 0.29) is 5.78 Å². The van der Waals surface area contributed by atoms with Crippen LogP contribution in [0.5, 0.6) is 0 Å². The number of hydrogen-bond donors (Lipinski definition) is 0. The Bertz CT molecular complexity index is 1010. The minimum absolute atomic E-state index is 0.101. The molecule has 0 bridgehead atoms. The van der Waals surface area contributed by atoms with E-state index < -0.39 is 0 Å². The van der Waals surface area contributed by atoms with Gasteiger partial charge in [0.25, 0.3) is 0 Å². The highest BCUT2D eigenvalue weighted by molar-refractivity contribution is 6.01. The lowest BCUT2D eigenvalue weighted by Gasteiger charge is -2.04. The number of carbonyl (C=O) groups is 1. The SMILES string of the molecule is O=C(C[n+]1cc2cccnc2c2ccccc21)c1ccccc1. The summed E-state index contributed by atoms with van der Waals surface area (Å²) in [6, 6.07) is 21.4. The van der Waals surface area contributed by atoms with Gasteiger partial charge in [0, 0.05) is 17.8 Å². The summed E-state index contributed by atoms with van der Waals surface area (Å²) in [5.74, 6) is 0.101. The van der Waals surface area contributed by atoms with Gasteiger partial charge in [-0.25, -0.2) is 0 Å². The van der Waals surface area contributed by atoms with Crippen molar-refractivity contribution in [3.8, 4) is 0 Å². The average molecular weight is 299 g/mol. The molecule has 23 heavy (non-hydrogen) atoms. The van der Waals surface area contributed by atoms with E-state index in [0.717, 1.165) is 27.4 Å². The van der Waals surface area contributed by atoms with Crippen molar-refractivity contribution < 1.29 is 9.36 Å². The van der Waals surface area contributed by atoms with Gasteiger partial charge in [-0.05, 0) is 18.2 Å². The summed E-state index contributed by atoms with van der Waals surface area (Å²) in [5.41, 5.74) is 2.71. The Balaban J connectivity index is 1.87. The van der Waals surface area contributed by atoms with Crippen LogP contribution in [0.2, 0.25) is 0 Å². The van der Waals surface area contributed by atoms with Gasteiger partial charge in [-0.15, -0.1) is 0 Å². The molecule has 2 aromatic heterocycles. The van der Waals surface area contributed by atoms with Crippen molar-refractivity contribution in [3.05, 3.63) is 84.7 Å². The maximum atomic E-state index is 12.6. The third-order valence-corrected chi connectivity index (χ3v) is 4.01. The van der Waals surface area contributed by atoms with Gasteiger partial charge in [0.05, 0.1) is 16.3 Å². The second-order valence-electron chi connectivity index (χ2n) is 5.50. The number of ketones is 1. The molecule has 0 spiro atoms. The molecule has 0 aliphatic rings. The fourth-order valence-corrected chi connectivity index (χ4v) is 2.91. The third kappa shape index (κ3) is 2.46. The van der Waals surface area contributed by atoms with Gasteiger partial charge in [0.15, 0.2) is 6.20 Å². The lowest BCUT2D eigenvalue weighted by molar-refractivity contribution is -0.655. The molecule has 0 aliphatic heterocycles. The number of hydrogen-bond acceptors (Lipinski definition) is 2. The summed E-state index contributed by atoms with van der Waals surface area (Å²) in [4.78, 5) is 17.0. The maximum Gasteiger partial charge on any atom is 0.227 e. The van der Waals surface area contributed by atoms with Crippen LogP contribution in [0.15, 0.2) is 79.1 Å². The lowest BCUT2D eigenvalue weighted by Crippen LogP contribution is -2.38. The summed E-state index contributed by atoms with van der Waals surface area (Å²) in [5, 5.41) is 2.10. The Morgan fingerprint density at radius 1 is 0.913 bits per heavy atom. The highest BCUT2D eigenvalue weighted by Gasteiger charge is 2.17. The van der Waals surface area contributed by atoms with E-state index in [0.29, 0.717) is 6.54 Å². The van der Waals surface area contributed by atoms with Crippen molar-refractivity contribution in [3.63, 3.8) is 0 Å². The van der Waals surface area contributed by atoms with Crippen molar-refractivity contribution in [1.82, 2.24) is 4.98 Å². The second kappa shape index (κ2) is 5.61. The topological polar surface area (TPSA) is 33.8 Å². The first-order valence-electron chi connectivity index (χ1n) is 7.57. The van der Waals surface area contributed by atoms with Gasteiger partial charge in [0.1, 0.15) is 0 Å². The molecule has 4 aromatic rings. The van der Waals surface area contributed by atoms with Gasteiger partial charge in [0.2, 0.25) is 17.8 Å². The van der Waals surface area contributed by atoms with E-state index >= 15 is 0 Å². The number of pyridine rings is 2. The Labute approximate surface area is 133 Å². The number of nitrogens with zero attached hydrogens (tertiary/aromatic N) is 2. The number of para-hydroxylation sites is 1. The van der Waals surface area contributed by atoms with Crippen LogP contribution in [0.1, 0.15) is 10.4 Å². The second-order valence-corrected chi connectivity index (χ2v) is 5.50. The molecule has 110 valence electrons. The summed E-state index contributed by atoms with van der Waals surface area (Å²) >= 11 is 0. The lowest BCUT2D eigenvalue weighted by atomic mass is 10.1. The summed E-state index contributed by atoms with van der Waals surface area (Å²) in [7, 11) is 0. The van der Waals surface area contributed by atoms with Gasteiger partial charge >= 0.3 is 0 Å². The number of rotatable bonds is 3. The van der Waals surface area contributed by atoms with Crippen molar-refractivity contribution in [2.75, 3.05) is 0 Å². The minimum Gasteiger partial charge on any atom is -0.287 e. The van der Waals surface area contributed by atoms with E-state index in [1.807, 2.05) is 77.5 Å². The normalized spacial score (nSPS) is 11.0. The molecular formula is C20H15N2O+. The number of benzene rings is 2. The first-order valence-corrected chi connectivity index (χ1v) is 7.57. The number of carbonyl (C=O) groups excluding carboxylic acids is 1. The Hall–Kier alpha value is -3.07. The molecular weight excluding hydrogens is 284 g/mol. The average Bonchev–Trinajstić information content (AvgIpc) is 2.62. The highest BCUT2D eigenvalue weighted by atomic mass is 16.1. The monoisotopic (exact) mass is 299 g/mol. The van der Waals surface area contributed by atoms with E-state index in [1.54, 1.807) is 6.20 Å². The summed E-state index contributed by atoms with van der Waals surface area (Å²) in [6.07, 6.45) is 3.81. The van der Waals surface area contributed by atoms with Crippen molar-refractivity contribution in [2.24, 2.45) is 0 Å². The van der Waals surface area contributed by atoms with Crippen LogP contribution >= 0.6 is 0 Å². The highest BCUT2D eigenvalue weighted by Crippen LogP contribution is 2.20. The zero-order valence-electron chi connectivity index (χ0n) is 12.5. The molecule has 0 N–H and O–H groups in total. The van der Waals surface area contributed by atoms with E-state index in [1.165, 1.54) is 0 Å². The first kappa shape index (κ1) is 13.6. The molecule has 2 heterocycles.